The van der Waals surface area contributed by atoms with Gasteiger partial charge in [-0.2, -0.15) is 0 Å². The van der Waals surface area contributed by atoms with Crippen molar-refractivity contribution in [2.45, 2.75) is 39.8 Å². The lowest BCUT2D eigenvalue weighted by molar-refractivity contribution is -0.385. The van der Waals surface area contributed by atoms with Crippen molar-refractivity contribution in [2.75, 3.05) is 6.61 Å². The minimum atomic E-state index is -0.364. The van der Waals surface area contributed by atoms with Crippen LogP contribution in [0.4, 0.5) is 5.69 Å². The number of benzene rings is 1. The predicted molar refractivity (Wildman–Crippen MR) is 75.1 cm³/mol. The highest BCUT2D eigenvalue weighted by molar-refractivity contribution is 5.43. The summed E-state index contributed by atoms with van der Waals surface area (Å²) in [5.74, 6) is 0.299. The van der Waals surface area contributed by atoms with Gasteiger partial charge in [-0.3, -0.25) is 10.1 Å². The molecule has 2 unspecified atom stereocenters. The van der Waals surface area contributed by atoms with E-state index < -0.39 is 0 Å². The van der Waals surface area contributed by atoms with Crippen molar-refractivity contribution >= 4 is 5.69 Å². The van der Waals surface area contributed by atoms with E-state index in [1.807, 2.05) is 26.8 Å². The molecule has 0 bridgehead atoms. The van der Waals surface area contributed by atoms with Gasteiger partial charge in [0.2, 0.25) is 0 Å². The largest absolute Gasteiger partial charge is 0.395 e. The predicted octanol–water partition coefficient (Wildman–Crippen LogP) is 2.57. The topological polar surface area (TPSA) is 75.4 Å². The van der Waals surface area contributed by atoms with Gasteiger partial charge in [0.25, 0.3) is 5.69 Å². The summed E-state index contributed by atoms with van der Waals surface area (Å²) in [5, 5.41) is 23.5. The molecule has 0 heterocycles. The van der Waals surface area contributed by atoms with Crippen LogP contribution in [0.5, 0.6) is 0 Å². The average Bonchev–Trinajstić information content (AvgIpc) is 2.35. The van der Waals surface area contributed by atoms with Gasteiger partial charge in [0, 0.05) is 23.7 Å². The van der Waals surface area contributed by atoms with Crippen molar-refractivity contribution in [3.05, 3.63) is 39.4 Å². The maximum Gasteiger partial charge on any atom is 0.272 e. The molecular weight excluding hydrogens is 244 g/mol. The Morgan fingerprint density at radius 2 is 2.00 bits per heavy atom. The van der Waals surface area contributed by atoms with E-state index in [9.17, 15) is 15.2 Å². The molecule has 0 saturated carbocycles. The van der Waals surface area contributed by atoms with Crippen LogP contribution in [0.3, 0.4) is 0 Å². The van der Waals surface area contributed by atoms with Crippen molar-refractivity contribution in [1.82, 2.24) is 5.32 Å². The minimum Gasteiger partial charge on any atom is -0.395 e. The van der Waals surface area contributed by atoms with Crippen LogP contribution in [0.1, 0.15) is 37.9 Å². The van der Waals surface area contributed by atoms with Gasteiger partial charge >= 0.3 is 0 Å². The van der Waals surface area contributed by atoms with Crippen LogP contribution in [0, 0.1) is 23.0 Å². The zero-order valence-electron chi connectivity index (χ0n) is 11.9. The molecule has 0 saturated heterocycles. The first-order valence-corrected chi connectivity index (χ1v) is 6.48. The lowest BCUT2D eigenvalue weighted by Gasteiger charge is -2.25. The van der Waals surface area contributed by atoms with E-state index in [2.05, 4.69) is 5.32 Å². The second kappa shape index (κ2) is 6.63. The van der Waals surface area contributed by atoms with Crippen LogP contribution in [0.15, 0.2) is 18.2 Å². The summed E-state index contributed by atoms with van der Waals surface area (Å²) in [6.07, 6.45) is 0. The number of aliphatic hydroxyl groups excluding tert-OH is 1. The standard InChI is InChI=1S/C14H22N2O3/c1-9(2)13(8-17)15-11(4)12-6-5-10(3)14(7-12)16(18)19/h5-7,9,11,13,15,17H,8H2,1-4H3. The zero-order chi connectivity index (χ0) is 14.6. The Kier molecular flexibility index (Phi) is 5.44. The summed E-state index contributed by atoms with van der Waals surface area (Å²) in [6.45, 7) is 7.77. The quantitative estimate of drug-likeness (QED) is 0.613. The summed E-state index contributed by atoms with van der Waals surface area (Å²) >= 11 is 0. The Morgan fingerprint density at radius 3 is 2.47 bits per heavy atom. The molecule has 0 spiro atoms. The van der Waals surface area contributed by atoms with Crippen LogP contribution in [0.25, 0.3) is 0 Å². The molecular formula is C14H22N2O3. The molecule has 106 valence electrons. The molecule has 1 aromatic rings. The number of nitro groups is 1. The molecule has 0 amide bonds. The monoisotopic (exact) mass is 266 g/mol. The van der Waals surface area contributed by atoms with E-state index in [1.165, 1.54) is 0 Å². The second-order valence-electron chi connectivity index (χ2n) is 5.22. The molecule has 5 heteroatoms. The van der Waals surface area contributed by atoms with Crippen molar-refractivity contribution in [2.24, 2.45) is 5.92 Å². The Balaban J connectivity index is 2.91. The van der Waals surface area contributed by atoms with Crippen LogP contribution in [0.2, 0.25) is 0 Å². The number of nitrogens with zero attached hydrogens (tertiary/aromatic N) is 1. The summed E-state index contributed by atoms with van der Waals surface area (Å²) in [4.78, 5) is 10.6. The number of nitro benzene ring substituents is 1. The van der Waals surface area contributed by atoms with Gasteiger partial charge in [-0.05, 0) is 25.3 Å². The van der Waals surface area contributed by atoms with Crippen LogP contribution < -0.4 is 5.32 Å². The van der Waals surface area contributed by atoms with E-state index >= 15 is 0 Å². The number of aryl methyl sites for hydroxylation is 1. The molecule has 2 N–H and O–H groups in total. The van der Waals surface area contributed by atoms with E-state index in [0.29, 0.717) is 11.5 Å². The third-order valence-electron chi connectivity index (χ3n) is 3.40. The first-order chi connectivity index (χ1) is 8.86. The fraction of sp³-hybridized carbons (Fsp3) is 0.571. The maximum atomic E-state index is 10.9. The highest BCUT2D eigenvalue weighted by atomic mass is 16.6. The molecule has 5 nitrogen and oxygen atoms in total. The maximum absolute atomic E-state index is 10.9. The van der Waals surface area contributed by atoms with Crippen molar-refractivity contribution in [1.29, 1.82) is 0 Å². The van der Waals surface area contributed by atoms with Crippen LogP contribution >= 0.6 is 0 Å². The van der Waals surface area contributed by atoms with Gasteiger partial charge in [-0.25, -0.2) is 0 Å². The average molecular weight is 266 g/mol. The van der Waals surface area contributed by atoms with Crippen LogP contribution in [-0.2, 0) is 0 Å². The molecule has 2 atom stereocenters. The Hall–Kier alpha value is -1.46. The van der Waals surface area contributed by atoms with Crippen molar-refractivity contribution < 1.29 is 10.0 Å². The summed E-state index contributed by atoms with van der Waals surface area (Å²) in [5.41, 5.74) is 1.65. The highest BCUT2D eigenvalue weighted by Gasteiger charge is 2.18. The number of hydrogen-bond donors (Lipinski definition) is 2. The van der Waals surface area contributed by atoms with Crippen LogP contribution in [-0.4, -0.2) is 22.7 Å². The fourth-order valence-electron chi connectivity index (χ4n) is 1.97. The summed E-state index contributed by atoms with van der Waals surface area (Å²) in [7, 11) is 0. The molecule has 0 radical (unpaired) electrons. The lowest BCUT2D eigenvalue weighted by atomic mass is 10.0. The number of hydrogen-bond acceptors (Lipinski definition) is 4. The molecule has 0 aliphatic carbocycles. The Bertz CT molecular complexity index is 446. The van der Waals surface area contributed by atoms with E-state index in [-0.39, 0.29) is 29.3 Å². The Morgan fingerprint density at radius 1 is 1.37 bits per heavy atom. The lowest BCUT2D eigenvalue weighted by Crippen LogP contribution is -2.38. The first-order valence-electron chi connectivity index (χ1n) is 6.48. The molecule has 19 heavy (non-hydrogen) atoms. The highest BCUT2D eigenvalue weighted by Crippen LogP contribution is 2.23. The third-order valence-corrected chi connectivity index (χ3v) is 3.40. The number of aliphatic hydroxyl groups is 1. The summed E-state index contributed by atoms with van der Waals surface area (Å²) in [6, 6.07) is 5.18. The second-order valence-corrected chi connectivity index (χ2v) is 5.22. The molecule has 0 aromatic heterocycles. The SMILES string of the molecule is Cc1ccc(C(C)NC(CO)C(C)C)cc1[N+](=O)[O-]. The molecule has 0 aliphatic rings. The van der Waals surface area contributed by atoms with Crippen molar-refractivity contribution in [3.8, 4) is 0 Å². The summed E-state index contributed by atoms with van der Waals surface area (Å²) < 4.78 is 0. The van der Waals surface area contributed by atoms with Gasteiger partial charge in [0.15, 0.2) is 0 Å². The number of rotatable bonds is 6. The van der Waals surface area contributed by atoms with E-state index in [4.69, 9.17) is 0 Å². The normalized spacial score (nSPS) is 14.4. The molecule has 0 aliphatic heterocycles. The van der Waals surface area contributed by atoms with Gasteiger partial charge in [-0.1, -0.05) is 26.0 Å². The smallest absolute Gasteiger partial charge is 0.272 e. The van der Waals surface area contributed by atoms with Gasteiger partial charge in [-0.15, -0.1) is 0 Å². The Labute approximate surface area is 113 Å². The molecule has 1 rings (SSSR count). The third kappa shape index (κ3) is 4.01. The van der Waals surface area contributed by atoms with Gasteiger partial charge in [0.1, 0.15) is 0 Å². The van der Waals surface area contributed by atoms with E-state index in [0.717, 1.165) is 5.56 Å². The molecule has 1 aromatic carbocycles. The number of nitrogens with one attached hydrogen (secondary N) is 1. The minimum absolute atomic E-state index is 0.0182. The van der Waals surface area contributed by atoms with Gasteiger partial charge < -0.3 is 10.4 Å². The van der Waals surface area contributed by atoms with Crippen molar-refractivity contribution in [3.63, 3.8) is 0 Å². The van der Waals surface area contributed by atoms with E-state index in [1.54, 1.807) is 19.1 Å². The van der Waals surface area contributed by atoms with Gasteiger partial charge in [0.05, 0.1) is 11.5 Å². The first kappa shape index (κ1) is 15.6. The molecule has 0 fully saturated rings. The zero-order valence-corrected chi connectivity index (χ0v) is 11.9. The fourth-order valence-corrected chi connectivity index (χ4v) is 1.97.